The van der Waals surface area contributed by atoms with Crippen LogP contribution in [-0.2, 0) is 9.47 Å². The van der Waals surface area contributed by atoms with Crippen LogP contribution < -0.4 is 0 Å². The molecule has 1 saturated heterocycles. The lowest BCUT2D eigenvalue weighted by Crippen LogP contribution is -2.48. The smallest absolute Gasteiger partial charge is 0.407 e. The van der Waals surface area contributed by atoms with E-state index in [-0.39, 0.29) is 6.35 Å². The summed E-state index contributed by atoms with van der Waals surface area (Å²) in [6.45, 7) is 15.8. The van der Waals surface area contributed by atoms with Gasteiger partial charge in [0.05, 0.1) is 34.1 Å². The lowest BCUT2D eigenvalue weighted by molar-refractivity contribution is -0.0539. The van der Waals surface area contributed by atoms with E-state index in [1.807, 2.05) is 7.11 Å². The normalized spacial score (nSPS) is 22.5. The van der Waals surface area contributed by atoms with E-state index in [0.29, 0.717) is 31.2 Å². The Labute approximate surface area is 215 Å². The molecule has 1 amide bonds. The van der Waals surface area contributed by atoms with Crippen molar-refractivity contribution in [1.29, 1.82) is 0 Å². The number of hydrogen-bond acceptors (Lipinski definition) is 5. The predicted molar refractivity (Wildman–Crippen MR) is 144 cm³/mol. The number of halogens is 1. The molecule has 5 atom stereocenters. The highest BCUT2D eigenvalue weighted by Crippen LogP contribution is 2.30. The Bertz CT molecular complexity index is 556. The Hall–Kier alpha value is -0.790. The molecule has 0 aromatic rings. The maximum Gasteiger partial charge on any atom is 0.407 e. The molecule has 2 aliphatic rings. The van der Waals surface area contributed by atoms with Crippen LogP contribution in [0.2, 0.25) is 0 Å². The van der Waals surface area contributed by atoms with Gasteiger partial charge in [-0.1, -0.05) is 44.8 Å². The van der Waals surface area contributed by atoms with Gasteiger partial charge in [0.1, 0.15) is 0 Å². The maximum atomic E-state index is 10.7. The number of aliphatic hydroxyl groups excluding tert-OH is 1. The van der Waals surface area contributed by atoms with Crippen molar-refractivity contribution in [3.05, 3.63) is 11.6 Å². The number of allylic oxidation sites excluding steroid dienone is 1. The number of hydrogen-bond donors (Lipinski definition) is 2. The van der Waals surface area contributed by atoms with Crippen molar-refractivity contribution in [2.75, 3.05) is 52.8 Å². The Morgan fingerprint density at radius 3 is 2.26 bits per heavy atom. The van der Waals surface area contributed by atoms with Crippen LogP contribution in [0.15, 0.2) is 11.6 Å². The van der Waals surface area contributed by atoms with Gasteiger partial charge in [-0.3, -0.25) is 4.90 Å². The lowest BCUT2D eigenvalue weighted by Gasteiger charge is -2.34. The molecule has 0 aromatic heterocycles. The van der Waals surface area contributed by atoms with Gasteiger partial charge in [0.15, 0.2) is 0 Å². The van der Waals surface area contributed by atoms with Gasteiger partial charge >= 0.3 is 6.09 Å². The van der Waals surface area contributed by atoms with E-state index in [9.17, 15) is 8.99 Å². The summed E-state index contributed by atoms with van der Waals surface area (Å²) < 4.78 is 21.9. The molecule has 2 fully saturated rings. The summed E-state index contributed by atoms with van der Waals surface area (Å²) in [5, 5.41) is 16.3. The maximum absolute atomic E-state index is 10.7. The van der Waals surface area contributed by atoms with Crippen molar-refractivity contribution in [3.8, 4) is 0 Å². The van der Waals surface area contributed by atoms with Gasteiger partial charge in [0.25, 0.3) is 0 Å². The van der Waals surface area contributed by atoms with E-state index in [1.165, 1.54) is 49.0 Å². The Kier molecular flexibility index (Phi) is 20.8. The molecule has 2 N–H and O–H groups in total. The van der Waals surface area contributed by atoms with Gasteiger partial charge in [-0.15, -0.1) is 0 Å². The topological polar surface area (TPSA) is 82.5 Å². The van der Waals surface area contributed by atoms with Gasteiger partial charge in [-0.05, 0) is 52.5 Å². The highest BCUT2D eigenvalue weighted by molar-refractivity contribution is 7.31. The van der Waals surface area contributed by atoms with Gasteiger partial charge < -0.3 is 24.6 Å². The van der Waals surface area contributed by atoms with Gasteiger partial charge in [-0.2, -0.15) is 0 Å². The monoisotopic (exact) mass is 522 g/mol. The molecule has 7 nitrogen and oxygen atoms in total. The van der Waals surface area contributed by atoms with Crippen molar-refractivity contribution >= 4 is 15.0 Å². The molecule has 208 valence electrons. The first-order chi connectivity index (χ1) is 16.7. The van der Waals surface area contributed by atoms with Crippen LogP contribution in [0, 0.1) is 11.8 Å². The number of piperazine rings is 1. The van der Waals surface area contributed by atoms with Gasteiger partial charge in [0.2, 0.25) is 0 Å². The van der Waals surface area contributed by atoms with Crippen LogP contribution in [0.5, 0.6) is 0 Å². The largest absolute Gasteiger partial charge is 0.465 e. The second-order valence-electron chi connectivity index (χ2n) is 9.75. The third-order valence-electron chi connectivity index (χ3n) is 6.85. The summed E-state index contributed by atoms with van der Waals surface area (Å²) >= 11 is 0. The summed E-state index contributed by atoms with van der Waals surface area (Å²) in [6, 6.07) is 0. The van der Waals surface area contributed by atoms with Crippen molar-refractivity contribution < 1.29 is 28.7 Å². The van der Waals surface area contributed by atoms with Crippen LogP contribution in [0.25, 0.3) is 0 Å². The van der Waals surface area contributed by atoms with E-state index in [4.69, 9.17) is 19.7 Å². The molecule has 0 aromatic carbocycles. The van der Waals surface area contributed by atoms with E-state index in [2.05, 4.69) is 45.6 Å². The third-order valence-corrected chi connectivity index (χ3v) is 6.97. The van der Waals surface area contributed by atoms with Crippen LogP contribution in [0.1, 0.15) is 73.1 Å². The number of ether oxygens (including phenoxy) is 2. The molecule has 1 saturated carbocycles. The summed E-state index contributed by atoms with van der Waals surface area (Å²) in [5.41, 5.74) is 1.32. The minimum absolute atomic E-state index is 0.306. The average molecular weight is 523 g/mol. The Balaban J connectivity index is 0.000000574. The highest BCUT2D eigenvalue weighted by Gasteiger charge is 2.29. The number of nitrogens with zero attached hydrogens (tertiary/aromatic N) is 2. The molecule has 0 radical (unpaired) electrons. The van der Waals surface area contributed by atoms with Crippen molar-refractivity contribution in [1.82, 2.24) is 9.80 Å². The first kappa shape index (κ1) is 34.2. The Morgan fingerprint density at radius 2 is 1.77 bits per heavy atom. The zero-order valence-electron chi connectivity index (χ0n) is 23.0. The van der Waals surface area contributed by atoms with Crippen molar-refractivity contribution in [2.24, 2.45) is 11.8 Å². The fourth-order valence-electron chi connectivity index (χ4n) is 4.22. The molecule has 1 aliphatic heterocycles. The fraction of sp³-hybridized carbons (Fsp3) is 0.885. The SMILES string of the molecule is CCC(C)CCN1CCN(C(=O)O)CC1.COC1CCCCC1C(C)OCC=C(C)C.OCPF. The Morgan fingerprint density at radius 1 is 1.17 bits per heavy atom. The number of aliphatic hydroxyl groups is 1. The average Bonchev–Trinajstić information content (AvgIpc) is 2.87. The van der Waals surface area contributed by atoms with E-state index < -0.39 is 15.0 Å². The van der Waals surface area contributed by atoms with Crippen molar-refractivity contribution in [3.63, 3.8) is 0 Å². The zero-order valence-corrected chi connectivity index (χ0v) is 24.0. The first-order valence-electron chi connectivity index (χ1n) is 13.1. The van der Waals surface area contributed by atoms with Crippen LogP contribution >= 0.6 is 8.89 Å². The lowest BCUT2D eigenvalue weighted by atomic mass is 9.83. The molecular formula is C26H52FN2O5P. The van der Waals surface area contributed by atoms with Crippen LogP contribution in [0.4, 0.5) is 8.99 Å². The van der Waals surface area contributed by atoms with E-state index in [1.54, 1.807) is 0 Å². The fourth-order valence-corrected chi connectivity index (χ4v) is 4.22. The molecule has 0 bridgehead atoms. The minimum Gasteiger partial charge on any atom is -0.465 e. The number of carbonyl (C=O) groups is 1. The number of rotatable bonds is 10. The standard InChI is InChI=1S/C14H26O2.C11H22N2O2.CH4FOP/c1-11(2)9-10-16-12(3)13-7-5-6-8-14(13)15-4;1-3-10(2)4-5-12-6-8-13(9-7-12)11(14)15;2-4-1-3/h9,12-14H,5-8,10H2,1-4H3;10H,3-9H2,1-2H3,(H,14,15);3-4H,1H2. The molecule has 2 rings (SSSR count). The molecular weight excluding hydrogens is 470 g/mol. The summed E-state index contributed by atoms with van der Waals surface area (Å²) in [5.74, 6) is 1.35. The molecule has 9 heteroatoms. The zero-order chi connectivity index (χ0) is 26.6. The summed E-state index contributed by atoms with van der Waals surface area (Å²) in [7, 11) is 1.02. The molecule has 1 heterocycles. The highest BCUT2D eigenvalue weighted by atomic mass is 31.1. The van der Waals surface area contributed by atoms with Crippen LogP contribution in [-0.4, -0.2) is 91.1 Å². The second-order valence-corrected chi connectivity index (χ2v) is 10.3. The van der Waals surface area contributed by atoms with Crippen molar-refractivity contribution in [2.45, 2.75) is 85.4 Å². The van der Waals surface area contributed by atoms with Gasteiger partial charge in [-0.25, -0.2) is 8.99 Å². The molecule has 0 spiro atoms. The number of carboxylic acid groups (broad SMARTS) is 1. The second kappa shape index (κ2) is 21.3. The molecule has 5 unspecified atom stereocenters. The van der Waals surface area contributed by atoms with Crippen LogP contribution in [0.3, 0.4) is 0 Å². The van der Waals surface area contributed by atoms with Gasteiger partial charge in [0, 0.05) is 39.2 Å². The summed E-state index contributed by atoms with van der Waals surface area (Å²) in [6.07, 6.45) is 9.26. The van der Waals surface area contributed by atoms with E-state index in [0.717, 1.165) is 32.2 Å². The van der Waals surface area contributed by atoms with E-state index >= 15 is 0 Å². The third kappa shape index (κ3) is 16.6. The molecule has 35 heavy (non-hydrogen) atoms. The minimum atomic E-state index is -0.804. The summed E-state index contributed by atoms with van der Waals surface area (Å²) in [4.78, 5) is 14.5. The quantitative estimate of drug-likeness (QED) is 0.280. The number of methoxy groups -OCH3 is 1. The predicted octanol–water partition coefficient (Wildman–Crippen LogP) is 5.78. The number of amides is 1. The molecule has 1 aliphatic carbocycles. The first-order valence-corrected chi connectivity index (χ1v) is 14.2.